The summed E-state index contributed by atoms with van der Waals surface area (Å²) in [5.74, 6) is 0.443. The van der Waals surface area contributed by atoms with E-state index < -0.39 is 0 Å². The second-order valence-electron chi connectivity index (χ2n) is 4.50. The molecule has 110 valence electrons. The number of nitrogens with one attached hydrogen (secondary N) is 1. The molecule has 0 aliphatic rings. The first-order valence-corrected chi connectivity index (χ1v) is 6.99. The van der Waals surface area contributed by atoms with Gasteiger partial charge in [0.2, 0.25) is 0 Å². The van der Waals surface area contributed by atoms with Crippen LogP contribution in [0.25, 0.3) is 0 Å². The Morgan fingerprint density at radius 3 is 2.52 bits per heavy atom. The van der Waals surface area contributed by atoms with Crippen LogP contribution < -0.4 is 15.8 Å². The molecule has 0 radical (unpaired) electrons. The Morgan fingerprint density at radius 1 is 1.14 bits per heavy atom. The molecule has 3 N–H and O–H groups in total. The van der Waals surface area contributed by atoms with Gasteiger partial charge in [0, 0.05) is 18.1 Å². The Bertz CT molecular complexity index is 599. The molecule has 0 saturated carbocycles. The average molecular weight is 305 g/mol. The van der Waals surface area contributed by atoms with Crippen LogP contribution in [0, 0.1) is 0 Å². The van der Waals surface area contributed by atoms with Crippen LogP contribution in [0.1, 0.15) is 11.1 Å². The largest absolute Gasteiger partial charge is 0.484 e. The van der Waals surface area contributed by atoms with Crippen LogP contribution in [-0.4, -0.2) is 12.5 Å². The van der Waals surface area contributed by atoms with Crippen molar-refractivity contribution in [1.82, 2.24) is 5.32 Å². The normalized spacial score (nSPS) is 10.2. The zero-order valence-electron chi connectivity index (χ0n) is 11.5. The Balaban J connectivity index is 1.78. The molecule has 0 spiro atoms. The first kappa shape index (κ1) is 15.4. The molecule has 2 aromatic carbocycles. The van der Waals surface area contributed by atoms with Crippen molar-refractivity contribution in [2.24, 2.45) is 5.73 Å². The summed E-state index contributed by atoms with van der Waals surface area (Å²) in [5.41, 5.74) is 7.41. The molecule has 0 fully saturated rings. The van der Waals surface area contributed by atoms with E-state index in [-0.39, 0.29) is 12.5 Å². The second kappa shape index (κ2) is 7.67. The Kier molecular flexibility index (Phi) is 5.60. The van der Waals surface area contributed by atoms with Gasteiger partial charge in [-0.15, -0.1) is 0 Å². The number of benzene rings is 2. The second-order valence-corrected chi connectivity index (χ2v) is 4.91. The lowest BCUT2D eigenvalue weighted by Crippen LogP contribution is -2.28. The molecular weight excluding hydrogens is 288 g/mol. The highest BCUT2D eigenvalue weighted by molar-refractivity contribution is 6.31. The van der Waals surface area contributed by atoms with E-state index in [1.165, 1.54) is 0 Å². The van der Waals surface area contributed by atoms with Crippen LogP contribution in [-0.2, 0) is 17.9 Å². The van der Waals surface area contributed by atoms with E-state index >= 15 is 0 Å². The lowest BCUT2D eigenvalue weighted by molar-refractivity contribution is -0.123. The van der Waals surface area contributed by atoms with Gasteiger partial charge in [0.25, 0.3) is 5.91 Å². The Hall–Kier alpha value is -2.04. The number of nitrogens with two attached hydrogens (primary N) is 1. The smallest absolute Gasteiger partial charge is 0.258 e. The third-order valence-electron chi connectivity index (χ3n) is 2.96. The fourth-order valence-electron chi connectivity index (χ4n) is 1.76. The maximum Gasteiger partial charge on any atom is 0.258 e. The topological polar surface area (TPSA) is 64.3 Å². The zero-order valence-corrected chi connectivity index (χ0v) is 12.3. The number of ether oxygens (including phenoxy) is 1. The number of hydrogen-bond acceptors (Lipinski definition) is 3. The molecule has 0 aliphatic heterocycles. The molecule has 0 atom stereocenters. The zero-order chi connectivity index (χ0) is 15.1. The lowest BCUT2D eigenvalue weighted by Gasteiger charge is -2.09. The van der Waals surface area contributed by atoms with Gasteiger partial charge in [-0.1, -0.05) is 41.9 Å². The van der Waals surface area contributed by atoms with Crippen LogP contribution in [0.15, 0.2) is 48.5 Å². The predicted octanol–water partition coefficient (Wildman–Crippen LogP) is 2.49. The van der Waals surface area contributed by atoms with Gasteiger partial charge in [0.1, 0.15) is 5.75 Å². The van der Waals surface area contributed by atoms with Crippen LogP contribution in [0.2, 0.25) is 5.02 Å². The number of carbonyl (C=O) groups is 1. The fourth-order valence-corrected chi connectivity index (χ4v) is 1.96. The van der Waals surface area contributed by atoms with Crippen molar-refractivity contribution in [2.45, 2.75) is 13.1 Å². The van der Waals surface area contributed by atoms with Gasteiger partial charge < -0.3 is 15.8 Å². The highest BCUT2D eigenvalue weighted by Gasteiger charge is 2.04. The van der Waals surface area contributed by atoms with Crippen molar-refractivity contribution in [1.29, 1.82) is 0 Å². The third-order valence-corrected chi connectivity index (χ3v) is 3.33. The number of hydrogen-bond donors (Lipinski definition) is 2. The molecule has 2 aromatic rings. The molecule has 0 saturated heterocycles. The molecule has 0 bridgehead atoms. The SMILES string of the molecule is NCc1ccc(OCC(=O)NCc2ccccc2Cl)cc1. The van der Waals surface area contributed by atoms with Crippen molar-refractivity contribution in [2.75, 3.05) is 6.61 Å². The van der Waals surface area contributed by atoms with Crippen LogP contribution >= 0.6 is 11.6 Å². The third kappa shape index (κ3) is 4.77. The lowest BCUT2D eigenvalue weighted by atomic mass is 10.2. The summed E-state index contributed by atoms with van der Waals surface area (Å²) < 4.78 is 5.40. The van der Waals surface area contributed by atoms with Gasteiger partial charge in [-0.3, -0.25) is 4.79 Å². The van der Waals surface area contributed by atoms with Gasteiger partial charge in [-0.2, -0.15) is 0 Å². The summed E-state index contributed by atoms with van der Waals surface area (Å²) >= 11 is 6.02. The first-order chi connectivity index (χ1) is 10.2. The Morgan fingerprint density at radius 2 is 1.86 bits per heavy atom. The maximum absolute atomic E-state index is 11.7. The van der Waals surface area contributed by atoms with Crippen LogP contribution in [0.5, 0.6) is 5.75 Å². The fraction of sp³-hybridized carbons (Fsp3) is 0.188. The minimum atomic E-state index is -0.196. The number of rotatable bonds is 6. The first-order valence-electron chi connectivity index (χ1n) is 6.61. The van der Waals surface area contributed by atoms with Gasteiger partial charge in [0.15, 0.2) is 6.61 Å². The van der Waals surface area contributed by atoms with E-state index in [0.29, 0.717) is 23.9 Å². The maximum atomic E-state index is 11.7. The number of carbonyl (C=O) groups excluding carboxylic acids is 1. The van der Waals surface area contributed by atoms with Crippen molar-refractivity contribution in [3.05, 3.63) is 64.7 Å². The van der Waals surface area contributed by atoms with Crippen molar-refractivity contribution < 1.29 is 9.53 Å². The minimum absolute atomic E-state index is 0.0353. The van der Waals surface area contributed by atoms with E-state index in [0.717, 1.165) is 11.1 Å². The van der Waals surface area contributed by atoms with E-state index in [2.05, 4.69) is 5.32 Å². The highest BCUT2D eigenvalue weighted by Crippen LogP contribution is 2.14. The summed E-state index contributed by atoms with van der Waals surface area (Å²) in [4.78, 5) is 11.7. The van der Waals surface area contributed by atoms with Crippen molar-refractivity contribution >= 4 is 17.5 Å². The van der Waals surface area contributed by atoms with Crippen LogP contribution in [0.3, 0.4) is 0 Å². The molecule has 0 aromatic heterocycles. The Labute approximate surface area is 128 Å². The number of halogens is 1. The molecule has 1 amide bonds. The standard InChI is InChI=1S/C16H17ClN2O2/c17-15-4-2-1-3-13(15)10-19-16(20)11-21-14-7-5-12(9-18)6-8-14/h1-8H,9-11,18H2,(H,19,20). The summed E-state index contributed by atoms with van der Waals surface area (Å²) in [7, 11) is 0. The van der Waals surface area contributed by atoms with Crippen LogP contribution in [0.4, 0.5) is 0 Å². The molecule has 4 nitrogen and oxygen atoms in total. The van der Waals surface area contributed by atoms with Gasteiger partial charge >= 0.3 is 0 Å². The summed E-state index contributed by atoms with van der Waals surface area (Å²) in [5, 5.41) is 3.40. The number of amides is 1. The van der Waals surface area contributed by atoms with Gasteiger partial charge in [-0.05, 0) is 29.3 Å². The molecule has 5 heteroatoms. The molecule has 21 heavy (non-hydrogen) atoms. The molecule has 2 rings (SSSR count). The van der Waals surface area contributed by atoms with E-state index in [9.17, 15) is 4.79 Å². The predicted molar refractivity (Wildman–Crippen MR) is 83.1 cm³/mol. The molecule has 0 heterocycles. The monoisotopic (exact) mass is 304 g/mol. The molecule has 0 unspecified atom stereocenters. The van der Waals surface area contributed by atoms with Gasteiger partial charge in [0.05, 0.1) is 0 Å². The molecular formula is C16H17ClN2O2. The van der Waals surface area contributed by atoms with E-state index in [1.54, 1.807) is 18.2 Å². The van der Waals surface area contributed by atoms with Crippen molar-refractivity contribution in [3.63, 3.8) is 0 Å². The summed E-state index contributed by atoms with van der Waals surface area (Å²) in [6, 6.07) is 14.7. The quantitative estimate of drug-likeness (QED) is 0.862. The minimum Gasteiger partial charge on any atom is -0.484 e. The van der Waals surface area contributed by atoms with Gasteiger partial charge in [-0.25, -0.2) is 0 Å². The highest BCUT2D eigenvalue weighted by atomic mass is 35.5. The van der Waals surface area contributed by atoms with Crippen molar-refractivity contribution in [3.8, 4) is 5.75 Å². The summed E-state index contributed by atoms with van der Waals surface area (Å²) in [6.07, 6.45) is 0. The van der Waals surface area contributed by atoms with E-state index in [4.69, 9.17) is 22.1 Å². The summed E-state index contributed by atoms with van der Waals surface area (Å²) in [6.45, 7) is 0.832. The van der Waals surface area contributed by atoms with E-state index in [1.807, 2.05) is 30.3 Å². The average Bonchev–Trinajstić information content (AvgIpc) is 2.52. The molecule has 0 aliphatic carbocycles.